The Morgan fingerprint density at radius 3 is 1.18 bits per heavy atom. The van der Waals surface area contributed by atoms with Crippen molar-refractivity contribution in [2.75, 3.05) is 0 Å². The highest BCUT2D eigenvalue weighted by Crippen LogP contribution is 2.33. The number of hydrogen-bond acceptors (Lipinski definition) is 8. The third kappa shape index (κ3) is 14.2. The van der Waals surface area contributed by atoms with E-state index in [0.717, 1.165) is 6.04 Å². The van der Waals surface area contributed by atoms with Gasteiger partial charge in [0, 0.05) is 6.04 Å². The lowest BCUT2D eigenvalue weighted by Gasteiger charge is -2.44. The van der Waals surface area contributed by atoms with Crippen LogP contribution in [0.5, 0.6) is 0 Å². The Labute approximate surface area is 215 Å². The second-order valence-electron chi connectivity index (χ2n) is 11.9. The first-order chi connectivity index (χ1) is 14.6. The minimum atomic E-state index is -2.95. The van der Waals surface area contributed by atoms with Gasteiger partial charge in [-0.3, -0.25) is 0 Å². The van der Waals surface area contributed by atoms with Gasteiger partial charge in [0.2, 0.25) is 0 Å². The van der Waals surface area contributed by atoms with Crippen LogP contribution < -0.4 is 0 Å². The van der Waals surface area contributed by atoms with Gasteiger partial charge in [-0.05, 0) is 97.7 Å². The van der Waals surface area contributed by atoms with Crippen LogP contribution in [0.2, 0.25) is 104 Å². The van der Waals surface area contributed by atoms with E-state index in [1.165, 1.54) is 0 Å². The maximum absolute atomic E-state index is 6.87. The van der Waals surface area contributed by atoms with Gasteiger partial charge in [0.1, 0.15) is 0 Å². The molecule has 0 aliphatic carbocycles. The molecule has 8 nitrogen and oxygen atoms in total. The van der Waals surface area contributed by atoms with Crippen molar-refractivity contribution >= 4 is 79.5 Å². The molecule has 0 aromatic carbocycles. The zero-order chi connectivity index (χ0) is 25.9. The molecule has 17 heteroatoms. The molecule has 198 valence electrons. The fourth-order valence-electron chi connectivity index (χ4n) is 3.77. The molecule has 0 radical (unpaired) electrons. The summed E-state index contributed by atoms with van der Waals surface area (Å²) in [4.78, 5) is 0. The minimum Gasteiger partial charge on any atom is -0.420 e. The topological polar surface area (TPSA) is 73.8 Å². The molecule has 33 heavy (non-hydrogen) atoms. The Bertz CT molecular complexity index is 551. The van der Waals surface area contributed by atoms with E-state index < -0.39 is 79.5 Å². The summed E-state index contributed by atoms with van der Waals surface area (Å²) in [5.74, 6) is 0. The Morgan fingerprint density at radius 2 is 0.879 bits per heavy atom. The smallest absolute Gasteiger partial charge is 0.420 e. The molecule has 0 N–H and O–H groups in total. The summed E-state index contributed by atoms with van der Waals surface area (Å²) in [6.07, 6.45) is 0. The first-order valence-corrected chi connectivity index (χ1v) is 35.1. The highest BCUT2D eigenvalue weighted by Gasteiger charge is 2.52. The Morgan fingerprint density at radius 1 is 0.576 bits per heavy atom. The summed E-state index contributed by atoms with van der Waals surface area (Å²) < 4.78 is 52.3. The summed E-state index contributed by atoms with van der Waals surface area (Å²) in [5, 5.41) is 0. The number of rotatable bonds is 9. The largest absolute Gasteiger partial charge is 0.469 e. The van der Waals surface area contributed by atoms with Gasteiger partial charge in [-0.2, -0.15) is 0 Å². The van der Waals surface area contributed by atoms with Crippen LogP contribution in [0.25, 0.3) is 0 Å². The Kier molecular flexibility index (Phi) is 12.3. The second-order valence-corrected chi connectivity index (χ2v) is 41.3. The second kappa shape index (κ2) is 12.5. The molecule has 0 aromatic heterocycles. The predicted molar refractivity (Wildman–Crippen MR) is 158 cm³/mol. The first kappa shape index (κ1) is 32.7. The molecule has 1 heterocycles. The van der Waals surface area contributed by atoms with Crippen molar-refractivity contribution < 1.29 is 32.9 Å². The maximum atomic E-state index is 6.87. The van der Waals surface area contributed by atoms with Crippen LogP contribution in [-0.2, 0) is 32.9 Å². The van der Waals surface area contributed by atoms with Gasteiger partial charge < -0.3 is 32.9 Å². The molecule has 0 amide bonds. The van der Waals surface area contributed by atoms with Crippen molar-refractivity contribution in [3.63, 3.8) is 0 Å². The predicted octanol–water partition coefficient (Wildman–Crippen LogP) is 4.05. The van der Waals surface area contributed by atoms with Crippen molar-refractivity contribution in [3.05, 3.63) is 0 Å². The third-order valence-corrected chi connectivity index (χ3v) is 33.7. The van der Waals surface area contributed by atoms with Gasteiger partial charge in [-0.25, -0.2) is 0 Å². The molecule has 4 unspecified atom stereocenters. The van der Waals surface area contributed by atoms with E-state index in [1.807, 2.05) is 0 Å². The van der Waals surface area contributed by atoms with Crippen molar-refractivity contribution in [1.29, 1.82) is 0 Å². The number of hydrogen-bond donors (Lipinski definition) is 0. The highest BCUT2D eigenvalue weighted by molar-refractivity contribution is 6.91. The zero-order valence-electron chi connectivity index (χ0n) is 23.5. The van der Waals surface area contributed by atoms with Crippen LogP contribution in [0.4, 0.5) is 0 Å². The standard InChI is InChI=1S/C16H50O8Si9/c1-25-17-26(2)19-28(4)21-32(14,20-27(3)18-25)15-16-33(22-29(5,6)7,23-30(8,9)10)24-31(11,12)13/h25-28H,15-16H2,1-14H3. The average Bonchev–Trinajstić information content (AvgIpc) is 2.45. The molecule has 0 spiro atoms. The fourth-order valence-corrected chi connectivity index (χ4v) is 37.7. The van der Waals surface area contributed by atoms with Crippen LogP contribution in [0.1, 0.15) is 0 Å². The molecule has 0 saturated carbocycles. The molecule has 1 rings (SSSR count). The monoisotopic (exact) mass is 622 g/mol. The van der Waals surface area contributed by atoms with Crippen molar-refractivity contribution in [2.24, 2.45) is 0 Å². The summed E-state index contributed by atoms with van der Waals surface area (Å²) in [6.45, 7) is 30.4. The highest BCUT2D eigenvalue weighted by atomic mass is 28.5. The van der Waals surface area contributed by atoms with E-state index in [9.17, 15) is 0 Å². The normalized spacial score (nSPS) is 31.5. The summed E-state index contributed by atoms with van der Waals surface area (Å²) in [5.41, 5.74) is 0. The third-order valence-electron chi connectivity index (χ3n) is 4.25. The van der Waals surface area contributed by atoms with E-state index >= 15 is 0 Å². The van der Waals surface area contributed by atoms with Crippen LogP contribution in [0.15, 0.2) is 0 Å². The van der Waals surface area contributed by atoms with Crippen molar-refractivity contribution in [1.82, 2.24) is 0 Å². The molecule has 1 fully saturated rings. The van der Waals surface area contributed by atoms with Gasteiger partial charge in [0.05, 0.1) is 0 Å². The van der Waals surface area contributed by atoms with Gasteiger partial charge in [0.15, 0.2) is 25.0 Å². The van der Waals surface area contributed by atoms with Crippen LogP contribution in [0.3, 0.4) is 0 Å². The van der Waals surface area contributed by atoms with Crippen LogP contribution >= 0.6 is 0 Å². The molecular weight excluding hydrogens is 573 g/mol. The molecule has 1 saturated heterocycles. The van der Waals surface area contributed by atoms with E-state index in [0.29, 0.717) is 6.04 Å². The molecule has 0 bridgehead atoms. The first-order valence-electron chi connectivity index (χ1n) is 12.0. The molecule has 1 aliphatic heterocycles. The van der Waals surface area contributed by atoms with Crippen LogP contribution in [0, 0.1) is 0 Å². The fraction of sp³-hybridized carbons (Fsp3) is 1.00. The van der Waals surface area contributed by atoms with Gasteiger partial charge in [0.25, 0.3) is 37.1 Å². The summed E-state index contributed by atoms with van der Waals surface area (Å²) >= 11 is 0. The lowest BCUT2D eigenvalue weighted by molar-refractivity contribution is 0.247. The molecule has 0 aromatic rings. The summed E-state index contributed by atoms with van der Waals surface area (Å²) in [7, 11) is -18.6. The molecular formula is C16H50O8Si9. The SMILES string of the molecule is C[SiH]1O[SiH](C)O[SiH](C)O[Si](C)(CC[Si](O[Si](C)(C)C)(O[Si](C)(C)C)O[Si](C)(C)C)O[SiH](C)O1. The minimum absolute atomic E-state index is 0.716. The maximum Gasteiger partial charge on any atom is 0.469 e. The van der Waals surface area contributed by atoms with Crippen molar-refractivity contribution in [3.8, 4) is 0 Å². The lowest BCUT2D eigenvalue weighted by atomic mass is 10.9. The average molecular weight is 623 g/mol. The van der Waals surface area contributed by atoms with E-state index in [1.54, 1.807) is 0 Å². The van der Waals surface area contributed by atoms with Gasteiger partial charge in [-0.15, -0.1) is 0 Å². The van der Waals surface area contributed by atoms with E-state index in [4.69, 9.17) is 32.9 Å². The molecule has 4 atom stereocenters. The quantitative estimate of drug-likeness (QED) is 0.357. The zero-order valence-corrected chi connectivity index (χ0v) is 33.1. The van der Waals surface area contributed by atoms with Crippen molar-refractivity contribution in [2.45, 2.75) is 104 Å². The Balaban J connectivity index is 3.27. The van der Waals surface area contributed by atoms with E-state index in [2.05, 4.69) is 91.7 Å². The van der Waals surface area contributed by atoms with Crippen LogP contribution in [-0.4, -0.2) is 79.5 Å². The van der Waals surface area contributed by atoms with E-state index in [-0.39, 0.29) is 0 Å². The summed E-state index contributed by atoms with van der Waals surface area (Å²) in [6, 6.07) is 1.47. The lowest BCUT2D eigenvalue weighted by Crippen LogP contribution is -2.61. The molecule has 1 aliphatic rings. The van der Waals surface area contributed by atoms with Gasteiger partial charge in [-0.1, -0.05) is 0 Å². The van der Waals surface area contributed by atoms with Gasteiger partial charge >= 0.3 is 17.4 Å². The Hall–Kier alpha value is 1.63.